The third-order valence-corrected chi connectivity index (χ3v) is 3.73. The van der Waals surface area contributed by atoms with Crippen LogP contribution in [0.5, 0.6) is 0 Å². The topological polar surface area (TPSA) is 90.6 Å². The van der Waals surface area contributed by atoms with E-state index in [1.807, 2.05) is 20.8 Å². The molecule has 0 unspecified atom stereocenters. The van der Waals surface area contributed by atoms with Gasteiger partial charge >= 0.3 is 0 Å². The Bertz CT molecular complexity index is 656. The molecule has 0 spiro atoms. The fourth-order valence-corrected chi connectivity index (χ4v) is 2.91. The van der Waals surface area contributed by atoms with Crippen molar-refractivity contribution in [3.63, 3.8) is 0 Å². The van der Waals surface area contributed by atoms with Crippen LogP contribution in [0.15, 0.2) is 10.5 Å². The van der Waals surface area contributed by atoms with Gasteiger partial charge in [0.1, 0.15) is 5.69 Å². The Morgan fingerprint density at radius 1 is 1.28 bits per heavy atom. The van der Waals surface area contributed by atoms with E-state index < -0.39 is 14.6 Å². The molecule has 2 aromatic heterocycles. The molecule has 10 heteroatoms. The summed E-state index contributed by atoms with van der Waals surface area (Å²) in [7, 11) is 1.39. The van der Waals surface area contributed by atoms with Crippen molar-refractivity contribution in [1.29, 1.82) is 0 Å². The molecule has 0 radical (unpaired) electrons. The normalized spacial score (nSPS) is 12.9. The Kier molecular flexibility index (Phi) is 3.16. The van der Waals surface area contributed by atoms with Gasteiger partial charge in [-0.25, -0.2) is 8.42 Å². The lowest BCUT2D eigenvalue weighted by Crippen LogP contribution is -2.25. The van der Waals surface area contributed by atoms with Crippen LogP contribution >= 0.6 is 22.2 Å². The maximum atomic E-state index is 11.5. The van der Waals surface area contributed by atoms with Crippen LogP contribution in [0.4, 0.5) is 0 Å². The number of aromatic nitrogens is 5. The molecule has 0 aliphatic rings. The number of hydrogen-bond donors (Lipinski definition) is 0. The van der Waals surface area contributed by atoms with E-state index in [4.69, 9.17) is 10.7 Å². The number of nitrogens with zero attached hydrogens (tertiary/aromatic N) is 5. The largest absolute Gasteiger partial charge is 0.296 e. The third kappa shape index (κ3) is 2.38. The minimum Gasteiger partial charge on any atom is -0.290 e. The standard InChI is InChI=1S/C8H10ClN5O2S2/c1-8(2,3)14-6(5-4-17-13-10-5)11-12-7(14)18(9,15)16/h4H,1-3H3. The Balaban J connectivity index is 2.75. The monoisotopic (exact) mass is 307 g/mol. The number of halogens is 1. The van der Waals surface area contributed by atoms with Gasteiger partial charge in [0, 0.05) is 21.6 Å². The van der Waals surface area contributed by atoms with Crippen molar-refractivity contribution >= 4 is 31.3 Å². The molecule has 0 atom stereocenters. The second kappa shape index (κ2) is 4.25. The minimum absolute atomic E-state index is 0.292. The molecular formula is C8H10ClN5O2S2. The van der Waals surface area contributed by atoms with Gasteiger partial charge in [0.2, 0.25) is 0 Å². The van der Waals surface area contributed by atoms with E-state index in [1.54, 1.807) is 5.38 Å². The fourth-order valence-electron chi connectivity index (χ4n) is 1.46. The molecule has 0 fully saturated rings. The van der Waals surface area contributed by atoms with Gasteiger partial charge in [-0.05, 0) is 32.3 Å². The highest BCUT2D eigenvalue weighted by Gasteiger charge is 2.30. The summed E-state index contributed by atoms with van der Waals surface area (Å²) in [5, 5.41) is 12.7. The van der Waals surface area contributed by atoms with E-state index >= 15 is 0 Å². The van der Waals surface area contributed by atoms with Gasteiger partial charge in [0.25, 0.3) is 14.2 Å². The molecule has 0 amide bonds. The van der Waals surface area contributed by atoms with E-state index in [2.05, 4.69) is 19.8 Å². The highest BCUT2D eigenvalue weighted by Crippen LogP contribution is 2.28. The van der Waals surface area contributed by atoms with Crippen LogP contribution in [0.3, 0.4) is 0 Å². The molecule has 0 saturated carbocycles. The summed E-state index contributed by atoms with van der Waals surface area (Å²) >= 11 is 1.15. The summed E-state index contributed by atoms with van der Waals surface area (Å²) in [5.41, 5.74) is -0.0892. The fraction of sp³-hybridized carbons (Fsp3) is 0.500. The van der Waals surface area contributed by atoms with E-state index in [0.717, 1.165) is 11.5 Å². The van der Waals surface area contributed by atoms with Gasteiger partial charge in [0.05, 0.1) is 0 Å². The summed E-state index contributed by atoms with van der Waals surface area (Å²) in [5.74, 6) is 0.329. The van der Waals surface area contributed by atoms with Crippen molar-refractivity contribution in [2.45, 2.75) is 31.5 Å². The lowest BCUT2D eigenvalue weighted by molar-refractivity contribution is 0.367. The highest BCUT2D eigenvalue weighted by atomic mass is 35.7. The zero-order valence-electron chi connectivity index (χ0n) is 9.82. The zero-order chi connectivity index (χ0) is 13.6. The first-order valence-corrected chi connectivity index (χ1v) is 8.04. The van der Waals surface area contributed by atoms with Gasteiger partial charge in [-0.3, -0.25) is 4.57 Å². The maximum absolute atomic E-state index is 11.5. The highest BCUT2D eigenvalue weighted by molar-refractivity contribution is 8.13. The van der Waals surface area contributed by atoms with Gasteiger partial charge in [-0.15, -0.1) is 15.3 Å². The second-order valence-electron chi connectivity index (χ2n) is 4.54. The van der Waals surface area contributed by atoms with E-state index in [0.29, 0.717) is 11.5 Å². The Hall–Kier alpha value is -1.06. The first kappa shape index (κ1) is 13.4. The Labute approximate surface area is 112 Å². The molecule has 0 aliphatic heterocycles. The third-order valence-electron chi connectivity index (χ3n) is 2.11. The van der Waals surface area contributed by atoms with E-state index in [9.17, 15) is 8.42 Å². The van der Waals surface area contributed by atoms with Crippen LogP contribution in [-0.2, 0) is 14.6 Å². The minimum atomic E-state index is -3.97. The molecule has 98 valence electrons. The van der Waals surface area contributed by atoms with Crippen molar-refractivity contribution in [3.05, 3.63) is 5.38 Å². The van der Waals surface area contributed by atoms with Crippen LogP contribution in [-0.4, -0.2) is 32.8 Å². The Morgan fingerprint density at radius 3 is 2.39 bits per heavy atom. The summed E-state index contributed by atoms with van der Waals surface area (Å²) in [6.07, 6.45) is 0. The van der Waals surface area contributed by atoms with E-state index in [1.165, 1.54) is 4.57 Å². The summed E-state index contributed by atoms with van der Waals surface area (Å²) in [6, 6.07) is 0. The molecule has 0 aliphatic carbocycles. The van der Waals surface area contributed by atoms with Gasteiger partial charge in [-0.2, -0.15) is 0 Å². The molecule has 2 heterocycles. The van der Waals surface area contributed by atoms with Crippen molar-refractivity contribution in [1.82, 2.24) is 24.4 Å². The van der Waals surface area contributed by atoms with Crippen molar-refractivity contribution < 1.29 is 8.42 Å². The van der Waals surface area contributed by atoms with Crippen LogP contribution < -0.4 is 0 Å². The van der Waals surface area contributed by atoms with Crippen molar-refractivity contribution in [2.24, 2.45) is 0 Å². The van der Waals surface area contributed by atoms with Crippen LogP contribution in [0.1, 0.15) is 20.8 Å². The maximum Gasteiger partial charge on any atom is 0.296 e. The zero-order valence-corrected chi connectivity index (χ0v) is 12.2. The summed E-state index contributed by atoms with van der Waals surface area (Å²) < 4.78 is 28.1. The number of hydrogen-bond acceptors (Lipinski definition) is 7. The first-order chi connectivity index (χ1) is 8.21. The molecule has 0 bridgehead atoms. The molecular weight excluding hydrogens is 298 g/mol. The molecule has 0 aromatic carbocycles. The van der Waals surface area contributed by atoms with E-state index in [-0.39, 0.29) is 5.16 Å². The predicted molar refractivity (Wildman–Crippen MR) is 67.0 cm³/mol. The lowest BCUT2D eigenvalue weighted by atomic mass is 10.1. The number of rotatable bonds is 2. The van der Waals surface area contributed by atoms with Crippen molar-refractivity contribution in [3.8, 4) is 11.5 Å². The van der Waals surface area contributed by atoms with Gasteiger partial charge in [-0.1, -0.05) is 4.49 Å². The smallest absolute Gasteiger partial charge is 0.290 e. The quantitative estimate of drug-likeness (QED) is 0.780. The lowest BCUT2D eigenvalue weighted by Gasteiger charge is -2.23. The Morgan fingerprint density at radius 2 is 1.94 bits per heavy atom. The van der Waals surface area contributed by atoms with Gasteiger partial charge in [0.15, 0.2) is 5.82 Å². The molecule has 2 rings (SSSR count). The molecule has 18 heavy (non-hydrogen) atoms. The van der Waals surface area contributed by atoms with Crippen LogP contribution in [0, 0.1) is 0 Å². The second-order valence-corrected chi connectivity index (χ2v) is 7.61. The SMILES string of the molecule is CC(C)(C)n1c(-c2csnn2)nnc1S(=O)(=O)Cl. The first-order valence-electron chi connectivity index (χ1n) is 4.89. The average Bonchev–Trinajstić information content (AvgIpc) is 2.83. The molecule has 2 aromatic rings. The molecule has 0 N–H and O–H groups in total. The molecule has 7 nitrogen and oxygen atoms in total. The van der Waals surface area contributed by atoms with Crippen LogP contribution in [0.25, 0.3) is 11.5 Å². The average molecular weight is 308 g/mol. The van der Waals surface area contributed by atoms with Gasteiger partial charge < -0.3 is 0 Å². The molecule has 0 saturated heterocycles. The van der Waals surface area contributed by atoms with Crippen LogP contribution in [0.2, 0.25) is 0 Å². The van der Waals surface area contributed by atoms with Crippen molar-refractivity contribution in [2.75, 3.05) is 0 Å². The predicted octanol–water partition coefficient (Wildman–Crippen LogP) is 1.48. The summed E-state index contributed by atoms with van der Waals surface area (Å²) in [4.78, 5) is 0. The summed E-state index contributed by atoms with van der Waals surface area (Å²) in [6.45, 7) is 5.47.